The fourth-order valence-corrected chi connectivity index (χ4v) is 4.32. The molecule has 2 atom stereocenters. The molecular weight excluding hydrogens is 356 g/mol. The molecule has 2 aliphatic heterocycles. The smallest absolute Gasteiger partial charge is 0.276 e. The van der Waals surface area contributed by atoms with Crippen LogP contribution in [0.1, 0.15) is 36.2 Å². The topological polar surface area (TPSA) is 81.4 Å². The third-order valence-corrected chi connectivity index (χ3v) is 5.55. The Morgan fingerprint density at radius 2 is 1.86 bits per heavy atom. The highest BCUT2D eigenvalue weighted by atomic mass is 16.5. The molecule has 28 heavy (non-hydrogen) atoms. The first-order valence-electron chi connectivity index (χ1n) is 9.54. The van der Waals surface area contributed by atoms with Crippen molar-refractivity contribution in [2.45, 2.75) is 43.9 Å². The van der Waals surface area contributed by atoms with E-state index in [9.17, 15) is 4.79 Å². The zero-order valence-electron chi connectivity index (χ0n) is 15.3. The van der Waals surface area contributed by atoms with Gasteiger partial charge in [0.05, 0.1) is 0 Å². The van der Waals surface area contributed by atoms with E-state index in [0.717, 1.165) is 37.0 Å². The lowest BCUT2D eigenvalue weighted by Gasteiger charge is -2.38. The van der Waals surface area contributed by atoms with Crippen molar-refractivity contribution in [2.75, 3.05) is 0 Å². The lowest BCUT2D eigenvalue weighted by atomic mass is 9.99. The molecule has 2 bridgehead atoms. The van der Waals surface area contributed by atoms with Crippen LogP contribution in [-0.2, 0) is 0 Å². The molecule has 0 aliphatic carbocycles. The average molecular weight is 376 g/mol. The fraction of sp³-hybridized carbons (Fsp3) is 0.333. The predicted molar refractivity (Wildman–Crippen MR) is 101 cm³/mol. The van der Waals surface area contributed by atoms with E-state index in [1.807, 2.05) is 29.2 Å². The van der Waals surface area contributed by atoms with E-state index in [4.69, 9.17) is 9.26 Å². The number of aromatic nitrogens is 3. The van der Waals surface area contributed by atoms with Gasteiger partial charge in [0.2, 0.25) is 0 Å². The first kappa shape index (κ1) is 16.9. The monoisotopic (exact) mass is 376 g/mol. The van der Waals surface area contributed by atoms with Crippen LogP contribution in [0.4, 0.5) is 0 Å². The van der Waals surface area contributed by atoms with Crippen LogP contribution < -0.4 is 4.74 Å². The highest BCUT2D eigenvalue weighted by Gasteiger charge is 2.45. The van der Waals surface area contributed by atoms with E-state index < -0.39 is 0 Å². The molecule has 7 heteroatoms. The second kappa shape index (κ2) is 7.07. The average Bonchev–Trinajstić information content (AvgIpc) is 3.32. The van der Waals surface area contributed by atoms with Crippen molar-refractivity contribution < 1.29 is 14.1 Å². The summed E-state index contributed by atoms with van der Waals surface area (Å²) in [6.07, 6.45) is 10.6. The van der Waals surface area contributed by atoms with Crippen molar-refractivity contribution in [3.8, 4) is 17.1 Å². The molecular formula is C21H20N4O3. The Morgan fingerprint density at radius 3 is 2.57 bits per heavy atom. The Bertz CT molecular complexity index is 946. The molecule has 0 radical (unpaired) electrons. The van der Waals surface area contributed by atoms with Crippen molar-refractivity contribution >= 4 is 5.91 Å². The minimum absolute atomic E-state index is 0.0613. The van der Waals surface area contributed by atoms with Gasteiger partial charge in [-0.1, -0.05) is 5.16 Å². The van der Waals surface area contributed by atoms with Crippen LogP contribution in [0.25, 0.3) is 11.3 Å². The van der Waals surface area contributed by atoms with Gasteiger partial charge in [0, 0.05) is 61.3 Å². The summed E-state index contributed by atoms with van der Waals surface area (Å²) in [5.74, 6) is 1.32. The normalized spacial score (nSPS) is 23.6. The quantitative estimate of drug-likeness (QED) is 0.695. The summed E-state index contributed by atoms with van der Waals surface area (Å²) in [6, 6.07) is 9.51. The second-order valence-electron chi connectivity index (χ2n) is 7.31. The standard InChI is InChI=1S/C21H20N4O3/c26-21(19-12-20(28-24-19)14-2-1-7-23-13-14)25-15-3-4-16(25)11-18(10-15)27-17-5-8-22-9-6-17/h1-2,5-9,12-13,15-16,18H,3-4,10-11H2. The number of carbonyl (C=O) groups is 1. The van der Waals surface area contributed by atoms with E-state index in [-0.39, 0.29) is 24.1 Å². The van der Waals surface area contributed by atoms with Crippen molar-refractivity contribution in [1.82, 2.24) is 20.0 Å². The maximum Gasteiger partial charge on any atom is 0.276 e. The van der Waals surface area contributed by atoms with Crippen molar-refractivity contribution in [3.63, 3.8) is 0 Å². The van der Waals surface area contributed by atoms with Gasteiger partial charge in [0.1, 0.15) is 11.9 Å². The predicted octanol–water partition coefficient (Wildman–Crippen LogP) is 3.35. The van der Waals surface area contributed by atoms with E-state index in [1.165, 1.54) is 0 Å². The molecule has 2 fully saturated rings. The molecule has 0 spiro atoms. The minimum Gasteiger partial charge on any atom is -0.490 e. The number of amides is 1. The number of nitrogens with zero attached hydrogens (tertiary/aromatic N) is 4. The molecule has 7 nitrogen and oxygen atoms in total. The number of carbonyl (C=O) groups excluding carboxylic acids is 1. The molecule has 0 N–H and O–H groups in total. The molecule has 3 aromatic rings. The maximum atomic E-state index is 13.1. The third-order valence-electron chi connectivity index (χ3n) is 5.55. The van der Waals surface area contributed by atoms with Crippen LogP contribution in [0.3, 0.4) is 0 Å². The van der Waals surface area contributed by atoms with Crippen LogP contribution in [0, 0.1) is 0 Å². The molecule has 5 heterocycles. The largest absolute Gasteiger partial charge is 0.490 e. The fourth-order valence-electron chi connectivity index (χ4n) is 4.32. The van der Waals surface area contributed by atoms with Gasteiger partial charge in [0.25, 0.3) is 5.91 Å². The van der Waals surface area contributed by atoms with Crippen molar-refractivity contribution in [2.24, 2.45) is 0 Å². The molecule has 1 amide bonds. The van der Waals surface area contributed by atoms with Gasteiger partial charge in [0.15, 0.2) is 11.5 Å². The van der Waals surface area contributed by atoms with Gasteiger partial charge < -0.3 is 14.2 Å². The van der Waals surface area contributed by atoms with Gasteiger partial charge >= 0.3 is 0 Å². The maximum absolute atomic E-state index is 13.1. The first-order chi connectivity index (χ1) is 13.8. The van der Waals surface area contributed by atoms with Crippen LogP contribution in [0.2, 0.25) is 0 Å². The number of ether oxygens (including phenoxy) is 1. The van der Waals surface area contributed by atoms with Crippen LogP contribution in [0.15, 0.2) is 59.6 Å². The summed E-state index contributed by atoms with van der Waals surface area (Å²) in [5, 5.41) is 4.02. The highest BCUT2D eigenvalue weighted by molar-refractivity contribution is 5.93. The van der Waals surface area contributed by atoms with Crippen LogP contribution in [0.5, 0.6) is 5.75 Å². The van der Waals surface area contributed by atoms with Gasteiger partial charge in [-0.2, -0.15) is 0 Å². The van der Waals surface area contributed by atoms with E-state index in [0.29, 0.717) is 11.5 Å². The summed E-state index contributed by atoms with van der Waals surface area (Å²) in [5.41, 5.74) is 1.16. The van der Waals surface area contributed by atoms with Gasteiger partial charge in [-0.25, -0.2) is 0 Å². The number of hydrogen-bond acceptors (Lipinski definition) is 6. The molecule has 0 aromatic carbocycles. The summed E-state index contributed by atoms with van der Waals surface area (Å²) in [7, 11) is 0. The van der Waals surface area contributed by atoms with Crippen molar-refractivity contribution in [3.05, 3.63) is 60.8 Å². The number of fused-ring (bicyclic) bond motifs is 2. The molecule has 142 valence electrons. The molecule has 3 aromatic heterocycles. The third kappa shape index (κ3) is 3.13. The number of hydrogen-bond donors (Lipinski definition) is 0. The van der Waals surface area contributed by atoms with Crippen molar-refractivity contribution in [1.29, 1.82) is 0 Å². The molecule has 2 unspecified atom stereocenters. The Hall–Kier alpha value is -3.22. The lowest BCUT2D eigenvalue weighted by Crippen LogP contribution is -2.49. The van der Waals surface area contributed by atoms with Crippen LogP contribution in [-0.4, -0.2) is 44.1 Å². The number of rotatable bonds is 4. The number of pyridine rings is 2. The number of piperidine rings is 1. The zero-order chi connectivity index (χ0) is 18.9. The SMILES string of the molecule is O=C(c1cc(-c2cccnc2)on1)N1C2CCC1CC(Oc1ccncc1)C2. The van der Waals surface area contributed by atoms with Gasteiger partial charge in [-0.15, -0.1) is 0 Å². The Kier molecular flexibility index (Phi) is 4.27. The van der Waals surface area contributed by atoms with E-state index in [2.05, 4.69) is 15.1 Å². The Labute approximate surface area is 162 Å². The highest BCUT2D eigenvalue weighted by Crippen LogP contribution is 2.38. The Balaban J connectivity index is 1.30. The summed E-state index contributed by atoms with van der Waals surface area (Å²) >= 11 is 0. The second-order valence-corrected chi connectivity index (χ2v) is 7.31. The van der Waals surface area contributed by atoms with Gasteiger partial charge in [-0.3, -0.25) is 14.8 Å². The summed E-state index contributed by atoms with van der Waals surface area (Å²) < 4.78 is 11.5. The molecule has 0 saturated carbocycles. The molecule has 2 aliphatic rings. The first-order valence-corrected chi connectivity index (χ1v) is 9.54. The Morgan fingerprint density at radius 1 is 1.07 bits per heavy atom. The van der Waals surface area contributed by atoms with Crippen LogP contribution >= 0.6 is 0 Å². The minimum atomic E-state index is -0.0613. The lowest BCUT2D eigenvalue weighted by molar-refractivity contribution is 0.0350. The summed E-state index contributed by atoms with van der Waals surface area (Å²) in [6.45, 7) is 0. The van der Waals surface area contributed by atoms with Gasteiger partial charge in [-0.05, 0) is 37.1 Å². The van der Waals surface area contributed by atoms with E-state index >= 15 is 0 Å². The van der Waals surface area contributed by atoms with E-state index in [1.54, 1.807) is 30.9 Å². The zero-order valence-corrected chi connectivity index (χ0v) is 15.3. The molecule has 2 saturated heterocycles. The molecule has 5 rings (SSSR count). The summed E-state index contributed by atoms with van der Waals surface area (Å²) in [4.78, 5) is 23.2.